The number of methoxy groups -OCH3 is 1. The summed E-state index contributed by atoms with van der Waals surface area (Å²) in [5.41, 5.74) is -0.631. The van der Waals surface area contributed by atoms with Crippen molar-refractivity contribution in [3.63, 3.8) is 0 Å². The number of hydrogen-bond donors (Lipinski definition) is 0. The van der Waals surface area contributed by atoms with Gasteiger partial charge in [0.25, 0.3) is 0 Å². The molecule has 4 atom stereocenters. The SMILES string of the molecule is CCC(C)(COC1CCC2CC1OC2=O)C(=O)OC. The zero-order valence-corrected chi connectivity index (χ0v) is 11.8. The highest BCUT2D eigenvalue weighted by atomic mass is 16.6. The molecule has 2 fully saturated rings. The number of carbonyl (C=O) groups excluding carboxylic acids is 2. The Hall–Kier alpha value is -1.10. The van der Waals surface area contributed by atoms with Crippen LogP contribution in [0, 0.1) is 11.3 Å². The molecular formula is C14H22O5. The number of hydrogen-bond acceptors (Lipinski definition) is 5. The first kappa shape index (κ1) is 14.3. The Kier molecular flexibility index (Phi) is 4.13. The molecule has 19 heavy (non-hydrogen) atoms. The van der Waals surface area contributed by atoms with Crippen LogP contribution in [0.5, 0.6) is 0 Å². The van der Waals surface area contributed by atoms with E-state index in [2.05, 4.69) is 0 Å². The van der Waals surface area contributed by atoms with Crippen molar-refractivity contribution in [3.05, 3.63) is 0 Å². The van der Waals surface area contributed by atoms with Crippen LogP contribution in [-0.4, -0.2) is 37.9 Å². The molecule has 108 valence electrons. The lowest BCUT2D eigenvalue weighted by molar-refractivity contribution is -0.162. The molecule has 1 saturated heterocycles. The van der Waals surface area contributed by atoms with Crippen LogP contribution in [0.2, 0.25) is 0 Å². The summed E-state index contributed by atoms with van der Waals surface area (Å²) in [6, 6.07) is 0. The lowest BCUT2D eigenvalue weighted by Crippen LogP contribution is -2.39. The predicted molar refractivity (Wildman–Crippen MR) is 67.4 cm³/mol. The van der Waals surface area contributed by atoms with Gasteiger partial charge in [0.15, 0.2) is 0 Å². The van der Waals surface area contributed by atoms with Crippen LogP contribution < -0.4 is 0 Å². The van der Waals surface area contributed by atoms with Crippen molar-refractivity contribution in [2.75, 3.05) is 13.7 Å². The van der Waals surface area contributed by atoms with E-state index in [4.69, 9.17) is 14.2 Å². The Morgan fingerprint density at radius 2 is 2.21 bits per heavy atom. The molecule has 0 aromatic rings. The molecule has 1 aliphatic carbocycles. The van der Waals surface area contributed by atoms with Crippen molar-refractivity contribution in [1.29, 1.82) is 0 Å². The van der Waals surface area contributed by atoms with Gasteiger partial charge in [-0.25, -0.2) is 0 Å². The van der Waals surface area contributed by atoms with Crippen LogP contribution in [0.3, 0.4) is 0 Å². The maximum atomic E-state index is 11.8. The van der Waals surface area contributed by atoms with Gasteiger partial charge in [-0.1, -0.05) is 6.92 Å². The van der Waals surface area contributed by atoms with E-state index < -0.39 is 5.41 Å². The van der Waals surface area contributed by atoms with Crippen molar-refractivity contribution in [2.45, 2.75) is 51.7 Å². The zero-order chi connectivity index (χ0) is 14.0. The lowest BCUT2D eigenvalue weighted by Gasteiger charge is -2.31. The molecule has 0 radical (unpaired) electrons. The van der Waals surface area contributed by atoms with Gasteiger partial charge in [0.2, 0.25) is 0 Å². The maximum Gasteiger partial charge on any atom is 0.313 e. The summed E-state index contributed by atoms with van der Waals surface area (Å²) in [4.78, 5) is 23.2. The Bertz CT molecular complexity index is 367. The van der Waals surface area contributed by atoms with Gasteiger partial charge in [0.1, 0.15) is 6.10 Å². The summed E-state index contributed by atoms with van der Waals surface area (Å²) in [6.45, 7) is 4.08. The van der Waals surface area contributed by atoms with Crippen molar-refractivity contribution < 1.29 is 23.8 Å². The van der Waals surface area contributed by atoms with E-state index in [1.54, 1.807) is 0 Å². The van der Waals surface area contributed by atoms with Crippen LogP contribution in [0.25, 0.3) is 0 Å². The molecule has 0 N–H and O–H groups in total. The van der Waals surface area contributed by atoms with Gasteiger partial charge in [0, 0.05) is 6.42 Å². The molecule has 2 aliphatic rings. The summed E-state index contributed by atoms with van der Waals surface area (Å²) in [5.74, 6) is -0.294. The fraction of sp³-hybridized carbons (Fsp3) is 0.857. The predicted octanol–water partition coefficient (Wildman–Crippen LogP) is 1.69. The van der Waals surface area contributed by atoms with E-state index in [9.17, 15) is 9.59 Å². The molecule has 1 heterocycles. The fourth-order valence-electron chi connectivity index (χ4n) is 2.72. The first-order valence-corrected chi connectivity index (χ1v) is 6.90. The smallest absolute Gasteiger partial charge is 0.313 e. The minimum atomic E-state index is -0.631. The largest absolute Gasteiger partial charge is 0.469 e. The highest BCUT2D eigenvalue weighted by molar-refractivity contribution is 5.76. The van der Waals surface area contributed by atoms with Gasteiger partial charge in [-0.05, 0) is 26.2 Å². The molecule has 2 rings (SSSR count). The van der Waals surface area contributed by atoms with Crippen LogP contribution in [0.1, 0.15) is 39.5 Å². The Morgan fingerprint density at radius 1 is 1.47 bits per heavy atom. The molecule has 5 heteroatoms. The zero-order valence-electron chi connectivity index (χ0n) is 11.8. The molecule has 1 saturated carbocycles. The molecular weight excluding hydrogens is 248 g/mol. The standard InChI is InChI=1S/C14H22O5/c1-4-14(2,13(16)17-3)8-18-10-6-5-9-7-11(10)19-12(9)15/h9-11H,4-8H2,1-3H3. The van der Waals surface area contributed by atoms with Gasteiger partial charge in [-0.3, -0.25) is 9.59 Å². The second-order valence-corrected chi connectivity index (χ2v) is 5.74. The van der Waals surface area contributed by atoms with E-state index in [0.29, 0.717) is 13.0 Å². The highest BCUT2D eigenvalue weighted by Gasteiger charge is 2.45. The van der Waals surface area contributed by atoms with E-state index >= 15 is 0 Å². The van der Waals surface area contributed by atoms with Crippen molar-refractivity contribution in [1.82, 2.24) is 0 Å². The first-order chi connectivity index (χ1) is 9.00. The molecule has 1 aliphatic heterocycles. The number of esters is 2. The third-order valence-corrected chi connectivity index (χ3v) is 4.41. The van der Waals surface area contributed by atoms with Crippen LogP contribution in [0.15, 0.2) is 0 Å². The molecule has 4 unspecified atom stereocenters. The summed E-state index contributed by atoms with van der Waals surface area (Å²) in [7, 11) is 1.39. The number of rotatable bonds is 5. The summed E-state index contributed by atoms with van der Waals surface area (Å²) < 4.78 is 16.0. The minimum Gasteiger partial charge on any atom is -0.469 e. The summed E-state index contributed by atoms with van der Waals surface area (Å²) in [6.07, 6.45) is 2.83. The molecule has 0 amide bonds. The number of carbonyl (C=O) groups is 2. The van der Waals surface area contributed by atoms with Crippen LogP contribution in [0.4, 0.5) is 0 Å². The average molecular weight is 270 g/mol. The molecule has 2 bridgehead atoms. The molecule has 0 spiro atoms. The van der Waals surface area contributed by atoms with Gasteiger partial charge < -0.3 is 14.2 Å². The molecule has 0 aromatic heterocycles. The lowest BCUT2D eigenvalue weighted by atomic mass is 9.86. The Morgan fingerprint density at radius 3 is 2.84 bits per heavy atom. The van der Waals surface area contributed by atoms with E-state index in [-0.39, 0.29) is 30.1 Å². The summed E-state index contributed by atoms with van der Waals surface area (Å²) in [5, 5.41) is 0. The number of fused-ring (bicyclic) bond motifs is 2. The quantitative estimate of drug-likeness (QED) is 0.711. The number of ether oxygens (including phenoxy) is 3. The van der Waals surface area contributed by atoms with E-state index in [1.807, 2.05) is 13.8 Å². The highest BCUT2D eigenvalue weighted by Crippen LogP contribution is 2.36. The Balaban J connectivity index is 1.91. The van der Waals surface area contributed by atoms with Gasteiger partial charge in [0.05, 0.1) is 31.2 Å². The second-order valence-electron chi connectivity index (χ2n) is 5.74. The summed E-state index contributed by atoms with van der Waals surface area (Å²) >= 11 is 0. The van der Waals surface area contributed by atoms with Gasteiger partial charge >= 0.3 is 11.9 Å². The minimum absolute atomic E-state index is 0.0583. The third-order valence-electron chi connectivity index (χ3n) is 4.41. The maximum absolute atomic E-state index is 11.8. The van der Waals surface area contributed by atoms with Gasteiger partial charge in [-0.15, -0.1) is 0 Å². The van der Waals surface area contributed by atoms with Crippen molar-refractivity contribution in [3.8, 4) is 0 Å². The molecule has 0 aromatic carbocycles. The fourth-order valence-corrected chi connectivity index (χ4v) is 2.72. The van der Waals surface area contributed by atoms with E-state index in [0.717, 1.165) is 19.3 Å². The van der Waals surface area contributed by atoms with Crippen LogP contribution in [-0.2, 0) is 23.8 Å². The first-order valence-electron chi connectivity index (χ1n) is 6.90. The normalized spacial score (nSPS) is 32.6. The van der Waals surface area contributed by atoms with Crippen molar-refractivity contribution >= 4 is 11.9 Å². The van der Waals surface area contributed by atoms with E-state index in [1.165, 1.54) is 7.11 Å². The topological polar surface area (TPSA) is 61.8 Å². The average Bonchev–Trinajstić information content (AvgIpc) is 2.72. The third kappa shape index (κ3) is 2.76. The second kappa shape index (κ2) is 5.49. The Labute approximate surface area is 113 Å². The molecule has 5 nitrogen and oxygen atoms in total. The van der Waals surface area contributed by atoms with Gasteiger partial charge in [-0.2, -0.15) is 0 Å². The monoisotopic (exact) mass is 270 g/mol. The van der Waals surface area contributed by atoms with Crippen LogP contribution >= 0.6 is 0 Å². The van der Waals surface area contributed by atoms with Crippen molar-refractivity contribution in [2.24, 2.45) is 11.3 Å².